The molecule has 0 aliphatic heterocycles. The number of nitrogens with zero attached hydrogens (tertiary/aromatic N) is 1. The molecule has 0 unspecified atom stereocenters. The van der Waals surface area contributed by atoms with Crippen LogP contribution < -0.4 is 5.32 Å². The summed E-state index contributed by atoms with van der Waals surface area (Å²) in [5.74, 6) is -0.122. The summed E-state index contributed by atoms with van der Waals surface area (Å²) in [4.78, 5) is 11.8. The van der Waals surface area contributed by atoms with Crippen LogP contribution in [0.5, 0.6) is 0 Å². The second-order valence-corrected chi connectivity index (χ2v) is 3.44. The van der Waals surface area contributed by atoms with Crippen molar-refractivity contribution in [2.75, 3.05) is 6.61 Å². The molecule has 1 amide bonds. The number of amides is 1. The normalized spacial score (nSPS) is 12.5. The molecular formula is C11H18N2O2. The lowest BCUT2D eigenvalue weighted by Gasteiger charge is -2.14. The van der Waals surface area contributed by atoms with Crippen molar-refractivity contribution in [1.29, 1.82) is 0 Å². The highest BCUT2D eigenvalue weighted by Crippen LogP contribution is 2.03. The molecule has 1 heterocycles. The fourth-order valence-corrected chi connectivity index (χ4v) is 1.43. The van der Waals surface area contributed by atoms with E-state index in [0.29, 0.717) is 5.69 Å². The van der Waals surface area contributed by atoms with Crippen LogP contribution in [0.3, 0.4) is 0 Å². The quantitative estimate of drug-likeness (QED) is 0.762. The minimum atomic E-state index is -0.155. The molecule has 0 aromatic carbocycles. The average molecular weight is 210 g/mol. The smallest absolute Gasteiger partial charge is 0.268 e. The molecule has 4 heteroatoms. The Morgan fingerprint density at radius 3 is 2.87 bits per heavy atom. The van der Waals surface area contributed by atoms with E-state index in [1.165, 1.54) is 0 Å². The summed E-state index contributed by atoms with van der Waals surface area (Å²) < 4.78 is 1.87. The summed E-state index contributed by atoms with van der Waals surface area (Å²) in [7, 11) is 0. The fraction of sp³-hybridized carbons (Fsp3) is 0.545. The molecular weight excluding hydrogens is 192 g/mol. The van der Waals surface area contributed by atoms with Gasteiger partial charge in [0, 0.05) is 12.7 Å². The SMILES string of the molecule is CC[C@H](CO)NC(=O)c1cccn1CC. The molecule has 0 saturated heterocycles. The summed E-state index contributed by atoms with van der Waals surface area (Å²) in [6.45, 7) is 4.67. The van der Waals surface area contributed by atoms with Crippen molar-refractivity contribution in [3.63, 3.8) is 0 Å². The second kappa shape index (κ2) is 5.56. The van der Waals surface area contributed by atoms with Crippen molar-refractivity contribution in [2.24, 2.45) is 0 Å². The average Bonchev–Trinajstić information content (AvgIpc) is 2.73. The molecule has 2 N–H and O–H groups in total. The highest BCUT2D eigenvalue weighted by molar-refractivity contribution is 5.92. The highest BCUT2D eigenvalue weighted by atomic mass is 16.3. The minimum Gasteiger partial charge on any atom is -0.394 e. The summed E-state index contributed by atoms with van der Waals surface area (Å²) in [5, 5.41) is 11.8. The second-order valence-electron chi connectivity index (χ2n) is 3.44. The lowest BCUT2D eigenvalue weighted by Crippen LogP contribution is -2.37. The van der Waals surface area contributed by atoms with E-state index >= 15 is 0 Å². The molecule has 0 fully saturated rings. The number of carbonyl (C=O) groups is 1. The van der Waals surface area contributed by atoms with Crippen LogP contribution in [0.2, 0.25) is 0 Å². The Hall–Kier alpha value is -1.29. The molecule has 0 aliphatic rings. The van der Waals surface area contributed by atoms with E-state index in [1.54, 1.807) is 6.07 Å². The van der Waals surface area contributed by atoms with Crippen molar-refractivity contribution >= 4 is 5.91 Å². The van der Waals surface area contributed by atoms with Gasteiger partial charge in [-0.25, -0.2) is 0 Å². The van der Waals surface area contributed by atoms with Crippen molar-refractivity contribution in [2.45, 2.75) is 32.9 Å². The van der Waals surface area contributed by atoms with Crippen LogP contribution in [0, 0.1) is 0 Å². The number of hydrogen-bond donors (Lipinski definition) is 2. The van der Waals surface area contributed by atoms with Gasteiger partial charge in [-0.05, 0) is 25.5 Å². The lowest BCUT2D eigenvalue weighted by molar-refractivity contribution is 0.0905. The van der Waals surface area contributed by atoms with Gasteiger partial charge >= 0.3 is 0 Å². The molecule has 0 saturated carbocycles. The van der Waals surface area contributed by atoms with E-state index < -0.39 is 0 Å². The van der Waals surface area contributed by atoms with Gasteiger partial charge in [0.25, 0.3) is 5.91 Å². The Morgan fingerprint density at radius 1 is 1.60 bits per heavy atom. The number of aryl methyl sites for hydroxylation is 1. The maximum absolute atomic E-state index is 11.8. The first-order valence-electron chi connectivity index (χ1n) is 5.29. The Labute approximate surface area is 89.9 Å². The molecule has 15 heavy (non-hydrogen) atoms. The van der Waals surface area contributed by atoms with Crippen LogP contribution in [0.4, 0.5) is 0 Å². The van der Waals surface area contributed by atoms with Gasteiger partial charge in [0.1, 0.15) is 5.69 Å². The van der Waals surface area contributed by atoms with Gasteiger partial charge < -0.3 is 15.0 Å². The first kappa shape index (κ1) is 11.8. The molecule has 0 spiro atoms. The monoisotopic (exact) mass is 210 g/mol. The Balaban J connectivity index is 2.68. The standard InChI is InChI=1S/C11H18N2O2/c1-3-9(8-14)12-11(15)10-6-5-7-13(10)4-2/h5-7,9,14H,3-4,8H2,1-2H3,(H,12,15)/t9-/m1/s1. The van der Waals surface area contributed by atoms with Gasteiger partial charge in [-0.1, -0.05) is 6.92 Å². The van der Waals surface area contributed by atoms with E-state index in [4.69, 9.17) is 5.11 Å². The molecule has 1 atom stereocenters. The first-order valence-corrected chi connectivity index (χ1v) is 5.29. The van der Waals surface area contributed by atoms with Crippen LogP contribution in [0.1, 0.15) is 30.8 Å². The number of rotatable bonds is 5. The van der Waals surface area contributed by atoms with E-state index in [-0.39, 0.29) is 18.6 Å². The number of hydrogen-bond acceptors (Lipinski definition) is 2. The van der Waals surface area contributed by atoms with E-state index in [1.807, 2.05) is 30.7 Å². The summed E-state index contributed by atoms with van der Waals surface area (Å²) in [5.41, 5.74) is 0.643. The molecule has 0 radical (unpaired) electrons. The van der Waals surface area contributed by atoms with Gasteiger partial charge in [0.05, 0.1) is 12.6 Å². The molecule has 1 rings (SSSR count). The van der Waals surface area contributed by atoms with Crippen LogP contribution in [-0.2, 0) is 6.54 Å². The summed E-state index contributed by atoms with van der Waals surface area (Å²) in [6, 6.07) is 3.47. The van der Waals surface area contributed by atoms with E-state index in [2.05, 4.69) is 5.32 Å². The lowest BCUT2D eigenvalue weighted by atomic mass is 10.2. The van der Waals surface area contributed by atoms with Crippen LogP contribution in [-0.4, -0.2) is 28.2 Å². The van der Waals surface area contributed by atoms with Crippen molar-refractivity contribution in [3.8, 4) is 0 Å². The van der Waals surface area contributed by atoms with Crippen LogP contribution in [0.15, 0.2) is 18.3 Å². The van der Waals surface area contributed by atoms with Crippen molar-refractivity contribution < 1.29 is 9.90 Å². The maximum atomic E-state index is 11.8. The molecule has 1 aromatic heterocycles. The Kier molecular flexibility index (Phi) is 4.37. The minimum absolute atomic E-state index is 0.0188. The fourth-order valence-electron chi connectivity index (χ4n) is 1.43. The highest BCUT2D eigenvalue weighted by Gasteiger charge is 2.13. The predicted octanol–water partition coefficient (Wildman–Crippen LogP) is 1.01. The number of nitrogens with one attached hydrogen (secondary N) is 1. The summed E-state index contributed by atoms with van der Waals surface area (Å²) in [6.07, 6.45) is 2.60. The largest absolute Gasteiger partial charge is 0.394 e. The zero-order valence-electron chi connectivity index (χ0n) is 9.23. The van der Waals surface area contributed by atoms with Gasteiger partial charge in [0.15, 0.2) is 0 Å². The molecule has 84 valence electrons. The first-order chi connectivity index (χ1) is 7.22. The third-order valence-corrected chi connectivity index (χ3v) is 2.45. The number of carbonyl (C=O) groups excluding carboxylic acids is 1. The molecule has 0 aliphatic carbocycles. The van der Waals surface area contributed by atoms with Gasteiger partial charge in [0.2, 0.25) is 0 Å². The van der Waals surface area contributed by atoms with Gasteiger partial charge in [-0.2, -0.15) is 0 Å². The topological polar surface area (TPSA) is 54.3 Å². The van der Waals surface area contributed by atoms with E-state index in [9.17, 15) is 4.79 Å². The van der Waals surface area contributed by atoms with Gasteiger partial charge in [-0.3, -0.25) is 4.79 Å². The van der Waals surface area contributed by atoms with Crippen molar-refractivity contribution in [1.82, 2.24) is 9.88 Å². The zero-order valence-corrected chi connectivity index (χ0v) is 9.23. The van der Waals surface area contributed by atoms with Crippen LogP contribution in [0.25, 0.3) is 0 Å². The molecule has 1 aromatic rings. The molecule has 0 bridgehead atoms. The predicted molar refractivity (Wildman–Crippen MR) is 58.7 cm³/mol. The number of aromatic nitrogens is 1. The van der Waals surface area contributed by atoms with E-state index in [0.717, 1.165) is 13.0 Å². The Bertz CT molecular complexity index is 316. The van der Waals surface area contributed by atoms with Crippen LogP contribution >= 0.6 is 0 Å². The maximum Gasteiger partial charge on any atom is 0.268 e. The Morgan fingerprint density at radius 2 is 2.33 bits per heavy atom. The summed E-state index contributed by atoms with van der Waals surface area (Å²) >= 11 is 0. The van der Waals surface area contributed by atoms with Gasteiger partial charge in [-0.15, -0.1) is 0 Å². The number of aliphatic hydroxyl groups is 1. The third kappa shape index (κ3) is 2.83. The van der Waals surface area contributed by atoms with Crippen molar-refractivity contribution in [3.05, 3.63) is 24.0 Å². The number of aliphatic hydroxyl groups excluding tert-OH is 1. The third-order valence-electron chi connectivity index (χ3n) is 2.45. The zero-order chi connectivity index (χ0) is 11.3. The molecule has 4 nitrogen and oxygen atoms in total.